The molecule has 3 aromatic rings. The molecule has 0 bridgehead atoms. The van der Waals surface area contributed by atoms with Crippen LogP contribution in [0.4, 0.5) is 13.2 Å². The van der Waals surface area contributed by atoms with Crippen molar-refractivity contribution in [3.05, 3.63) is 101 Å². The average molecular weight is 445 g/mol. The quantitative estimate of drug-likeness (QED) is 0.269. The number of carboxylic acids is 1. The van der Waals surface area contributed by atoms with E-state index in [1.54, 1.807) is 24.3 Å². The van der Waals surface area contributed by atoms with Crippen molar-refractivity contribution in [3.63, 3.8) is 0 Å². The molecule has 0 amide bonds. The van der Waals surface area contributed by atoms with Crippen LogP contribution in [0.25, 0.3) is 6.08 Å². The second kappa shape index (κ2) is 10.7. The molecule has 0 atom stereocenters. The van der Waals surface area contributed by atoms with Gasteiger partial charge in [-0.15, -0.1) is 11.8 Å². The van der Waals surface area contributed by atoms with Crippen molar-refractivity contribution in [2.24, 2.45) is 0 Å². The summed E-state index contributed by atoms with van der Waals surface area (Å²) in [6.45, 7) is 0.0162. The van der Waals surface area contributed by atoms with E-state index >= 15 is 0 Å². The summed E-state index contributed by atoms with van der Waals surface area (Å²) in [5, 5.41) is 9.34. The van der Waals surface area contributed by atoms with Crippen LogP contribution < -0.4 is 0 Å². The summed E-state index contributed by atoms with van der Waals surface area (Å²) in [6, 6.07) is 12.8. The minimum absolute atomic E-state index is 0.0162. The molecule has 0 saturated heterocycles. The second-order valence-electron chi connectivity index (χ2n) is 6.42. The minimum Gasteiger partial charge on any atom is -0.486 e. The third kappa shape index (κ3) is 6.36. The molecule has 1 aromatic heterocycles. The normalized spacial score (nSPS) is 11.4. The highest BCUT2D eigenvalue weighted by atomic mass is 32.2. The van der Waals surface area contributed by atoms with Gasteiger partial charge in [-0.3, -0.25) is 4.98 Å². The van der Waals surface area contributed by atoms with E-state index in [9.17, 15) is 23.1 Å². The van der Waals surface area contributed by atoms with E-state index in [4.69, 9.17) is 4.74 Å². The number of halogens is 3. The van der Waals surface area contributed by atoms with E-state index in [0.29, 0.717) is 16.8 Å². The Bertz CT molecular complexity index is 1070. The fourth-order valence-corrected chi connectivity index (χ4v) is 3.76. The van der Waals surface area contributed by atoms with Gasteiger partial charge in [0.15, 0.2) is 0 Å². The Kier molecular flexibility index (Phi) is 7.72. The lowest BCUT2D eigenvalue weighted by Crippen LogP contribution is -2.08. The fraction of sp³-hybridized carbons (Fsp3) is 0.130. The maximum Gasteiger partial charge on any atom is 0.371 e. The molecular formula is C23H18F3NO3S. The summed E-state index contributed by atoms with van der Waals surface area (Å²) in [4.78, 5) is 15.3. The van der Waals surface area contributed by atoms with Crippen LogP contribution >= 0.6 is 11.8 Å². The van der Waals surface area contributed by atoms with Crippen LogP contribution in [0, 0.1) is 17.5 Å². The van der Waals surface area contributed by atoms with E-state index in [0.717, 1.165) is 23.9 Å². The van der Waals surface area contributed by atoms with Gasteiger partial charge in [0.2, 0.25) is 5.76 Å². The Balaban J connectivity index is 1.69. The van der Waals surface area contributed by atoms with Crippen LogP contribution in [0.3, 0.4) is 0 Å². The molecule has 0 saturated carbocycles. The number of rotatable bonds is 9. The van der Waals surface area contributed by atoms with Gasteiger partial charge in [0.1, 0.15) is 17.5 Å². The molecule has 0 aliphatic rings. The molecule has 8 heteroatoms. The van der Waals surface area contributed by atoms with Crippen molar-refractivity contribution in [2.45, 2.75) is 17.1 Å². The van der Waals surface area contributed by atoms with Gasteiger partial charge in [-0.05, 0) is 47.5 Å². The molecule has 0 fully saturated rings. The molecule has 3 rings (SSSR count). The van der Waals surface area contributed by atoms with Gasteiger partial charge in [-0.25, -0.2) is 18.0 Å². The molecule has 0 unspecified atom stereocenters. The number of nitrogens with zero attached hydrogens (tertiary/aromatic N) is 1. The Morgan fingerprint density at radius 2 is 1.81 bits per heavy atom. The lowest BCUT2D eigenvalue weighted by atomic mass is 10.1. The SMILES string of the molecule is O=C(O)C(=Cc1ccccn1)OCCc1ccc(F)cc1CSc1c(F)cccc1F. The topological polar surface area (TPSA) is 59.4 Å². The molecular weight excluding hydrogens is 427 g/mol. The molecule has 0 aliphatic carbocycles. The van der Waals surface area contributed by atoms with Crippen molar-refractivity contribution < 1.29 is 27.8 Å². The second-order valence-corrected chi connectivity index (χ2v) is 7.40. The molecule has 1 heterocycles. The van der Waals surface area contributed by atoms with Crippen LogP contribution in [0.5, 0.6) is 0 Å². The van der Waals surface area contributed by atoms with Gasteiger partial charge in [-0.2, -0.15) is 0 Å². The fourth-order valence-electron chi connectivity index (χ4n) is 2.77. The predicted molar refractivity (Wildman–Crippen MR) is 112 cm³/mol. The smallest absolute Gasteiger partial charge is 0.371 e. The summed E-state index contributed by atoms with van der Waals surface area (Å²) in [5.41, 5.74) is 1.67. The zero-order chi connectivity index (χ0) is 22.2. The van der Waals surface area contributed by atoms with Gasteiger partial charge in [0, 0.05) is 24.4 Å². The Morgan fingerprint density at radius 3 is 2.48 bits per heavy atom. The molecule has 31 heavy (non-hydrogen) atoms. The number of ether oxygens (including phenoxy) is 1. The van der Waals surface area contributed by atoms with Crippen LogP contribution in [0.15, 0.2) is 71.4 Å². The van der Waals surface area contributed by atoms with E-state index in [1.807, 2.05) is 0 Å². The minimum atomic E-state index is -1.24. The molecule has 0 aliphatic heterocycles. The number of hydrogen-bond donors (Lipinski definition) is 1. The number of carboxylic acid groups (broad SMARTS) is 1. The summed E-state index contributed by atoms with van der Waals surface area (Å²) in [6.07, 6.45) is 3.12. The van der Waals surface area contributed by atoms with Gasteiger partial charge < -0.3 is 9.84 Å². The van der Waals surface area contributed by atoms with E-state index in [2.05, 4.69) is 4.98 Å². The average Bonchev–Trinajstić information content (AvgIpc) is 2.74. The van der Waals surface area contributed by atoms with Gasteiger partial charge in [-0.1, -0.05) is 18.2 Å². The first-order valence-corrected chi connectivity index (χ1v) is 10.3. The molecule has 2 aromatic carbocycles. The van der Waals surface area contributed by atoms with Crippen LogP contribution in [-0.4, -0.2) is 22.7 Å². The van der Waals surface area contributed by atoms with Crippen molar-refractivity contribution in [2.75, 3.05) is 6.61 Å². The summed E-state index contributed by atoms with van der Waals surface area (Å²) in [7, 11) is 0. The third-order valence-corrected chi connectivity index (χ3v) is 5.40. The van der Waals surface area contributed by atoms with E-state index in [-0.39, 0.29) is 29.4 Å². The van der Waals surface area contributed by atoms with Crippen molar-refractivity contribution in [3.8, 4) is 0 Å². The number of thioether (sulfide) groups is 1. The zero-order valence-corrected chi connectivity index (χ0v) is 17.0. The van der Waals surface area contributed by atoms with Gasteiger partial charge >= 0.3 is 5.97 Å². The highest BCUT2D eigenvalue weighted by Crippen LogP contribution is 2.29. The Labute approximate surface area is 181 Å². The van der Waals surface area contributed by atoms with Crippen molar-refractivity contribution >= 4 is 23.8 Å². The number of aromatic nitrogens is 1. The predicted octanol–water partition coefficient (Wildman–Crippen LogP) is 5.48. The number of pyridine rings is 1. The van der Waals surface area contributed by atoms with E-state index in [1.165, 1.54) is 30.5 Å². The van der Waals surface area contributed by atoms with Crippen LogP contribution in [0.1, 0.15) is 16.8 Å². The molecule has 1 N–H and O–H groups in total. The Morgan fingerprint density at radius 1 is 1.03 bits per heavy atom. The van der Waals surface area contributed by atoms with Crippen molar-refractivity contribution in [1.29, 1.82) is 0 Å². The lowest BCUT2D eigenvalue weighted by Gasteiger charge is -2.12. The summed E-state index contributed by atoms with van der Waals surface area (Å²) < 4.78 is 46.9. The zero-order valence-electron chi connectivity index (χ0n) is 16.2. The molecule has 0 radical (unpaired) electrons. The van der Waals surface area contributed by atoms with Crippen molar-refractivity contribution in [1.82, 2.24) is 4.98 Å². The number of hydrogen-bond acceptors (Lipinski definition) is 4. The van der Waals surface area contributed by atoms with Crippen LogP contribution in [0.2, 0.25) is 0 Å². The molecule has 160 valence electrons. The molecule has 4 nitrogen and oxygen atoms in total. The number of carbonyl (C=O) groups is 1. The van der Waals surface area contributed by atoms with E-state index < -0.39 is 23.4 Å². The number of aliphatic carboxylic acids is 1. The summed E-state index contributed by atoms with van der Waals surface area (Å²) >= 11 is 0.925. The largest absolute Gasteiger partial charge is 0.486 e. The lowest BCUT2D eigenvalue weighted by molar-refractivity contribution is -0.136. The first kappa shape index (κ1) is 22.4. The van der Waals surface area contributed by atoms with Gasteiger partial charge in [0.05, 0.1) is 17.2 Å². The number of benzene rings is 2. The third-order valence-electron chi connectivity index (χ3n) is 4.27. The summed E-state index contributed by atoms with van der Waals surface area (Å²) in [5.74, 6) is -3.22. The monoisotopic (exact) mass is 445 g/mol. The standard InChI is InChI=1S/C23H18F3NO3S/c24-17-8-7-15(16(12-17)14-31-22-19(25)5-3-6-20(22)26)9-11-30-21(23(28)29)13-18-4-1-2-10-27-18/h1-8,10,12-13H,9,11,14H2,(H,28,29). The maximum atomic E-state index is 13.9. The van der Waals surface area contributed by atoms with Gasteiger partial charge in [0.25, 0.3) is 0 Å². The Hall–Kier alpha value is -3.26. The highest BCUT2D eigenvalue weighted by molar-refractivity contribution is 7.98. The highest BCUT2D eigenvalue weighted by Gasteiger charge is 2.13. The maximum absolute atomic E-state index is 13.9. The first-order valence-electron chi connectivity index (χ1n) is 9.27. The first-order chi connectivity index (χ1) is 14.9. The van der Waals surface area contributed by atoms with Crippen LogP contribution in [-0.2, 0) is 21.7 Å². The molecule has 0 spiro atoms.